The van der Waals surface area contributed by atoms with Crippen LogP contribution in [0.3, 0.4) is 0 Å². The zero-order valence-corrected chi connectivity index (χ0v) is 12.6. The molecule has 2 aromatic rings. The molecule has 0 spiro atoms. The lowest BCUT2D eigenvalue weighted by atomic mass is 10.1. The summed E-state index contributed by atoms with van der Waals surface area (Å²) in [6.45, 7) is 3.03. The van der Waals surface area contributed by atoms with Gasteiger partial charge in [0, 0.05) is 37.9 Å². The van der Waals surface area contributed by atoms with Crippen LogP contribution in [0.25, 0.3) is 0 Å². The van der Waals surface area contributed by atoms with Crippen molar-refractivity contribution >= 4 is 17.1 Å². The molecule has 0 saturated carbocycles. The molecule has 1 saturated heterocycles. The quantitative estimate of drug-likeness (QED) is 0.796. The summed E-state index contributed by atoms with van der Waals surface area (Å²) >= 11 is 1.51. The van der Waals surface area contributed by atoms with E-state index in [1.807, 2.05) is 29.8 Å². The number of hydrogen-bond acceptors (Lipinski definition) is 5. The highest BCUT2D eigenvalue weighted by Gasteiger charge is 2.26. The summed E-state index contributed by atoms with van der Waals surface area (Å²) in [6.07, 6.45) is 4.18. The second kappa shape index (κ2) is 6.93. The van der Waals surface area contributed by atoms with Crippen molar-refractivity contribution in [3.05, 3.63) is 52.5 Å². The van der Waals surface area contributed by atoms with Crippen LogP contribution in [-0.2, 0) is 11.3 Å². The third-order valence-corrected chi connectivity index (χ3v) is 4.59. The fourth-order valence-corrected chi connectivity index (χ4v) is 3.24. The molecule has 3 heterocycles. The molecule has 5 heteroatoms. The number of carbonyl (C=O) groups is 1. The Morgan fingerprint density at radius 2 is 2.38 bits per heavy atom. The molecular formula is C16H18N2O2S. The van der Waals surface area contributed by atoms with Gasteiger partial charge in [0.15, 0.2) is 5.78 Å². The van der Waals surface area contributed by atoms with E-state index in [0.29, 0.717) is 13.0 Å². The molecule has 1 fully saturated rings. The first-order valence-corrected chi connectivity index (χ1v) is 7.98. The Hall–Kier alpha value is -1.56. The molecule has 4 nitrogen and oxygen atoms in total. The predicted octanol–water partition coefficient (Wildman–Crippen LogP) is 2.62. The van der Waals surface area contributed by atoms with Crippen LogP contribution >= 0.6 is 11.3 Å². The van der Waals surface area contributed by atoms with Crippen LogP contribution in [0.5, 0.6) is 0 Å². The van der Waals surface area contributed by atoms with Crippen LogP contribution in [0.15, 0.2) is 42.0 Å². The first kappa shape index (κ1) is 14.4. The Kier molecular flexibility index (Phi) is 4.75. The number of thiophene rings is 1. The number of carbonyl (C=O) groups excluding carboxylic acids is 1. The summed E-state index contributed by atoms with van der Waals surface area (Å²) in [6, 6.07) is 7.97. The maximum absolute atomic E-state index is 12.3. The molecule has 0 amide bonds. The highest BCUT2D eigenvalue weighted by Crippen LogP contribution is 2.19. The van der Waals surface area contributed by atoms with Crippen molar-refractivity contribution in [2.24, 2.45) is 0 Å². The summed E-state index contributed by atoms with van der Waals surface area (Å²) in [7, 11) is 0. The van der Waals surface area contributed by atoms with E-state index in [9.17, 15) is 4.79 Å². The van der Waals surface area contributed by atoms with Gasteiger partial charge in [0.2, 0.25) is 0 Å². The third-order valence-electron chi connectivity index (χ3n) is 3.67. The highest BCUT2D eigenvalue weighted by molar-refractivity contribution is 7.12. The maximum atomic E-state index is 12.3. The van der Waals surface area contributed by atoms with Gasteiger partial charge in [-0.1, -0.05) is 12.1 Å². The Morgan fingerprint density at radius 3 is 3.14 bits per heavy atom. The predicted molar refractivity (Wildman–Crippen MR) is 82.5 cm³/mol. The lowest BCUT2D eigenvalue weighted by molar-refractivity contribution is -0.0125. The Labute approximate surface area is 128 Å². The average molecular weight is 302 g/mol. The maximum Gasteiger partial charge on any atom is 0.174 e. The molecule has 1 aliphatic rings. The van der Waals surface area contributed by atoms with Gasteiger partial charge in [-0.05, 0) is 23.1 Å². The first-order chi connectivity index (χ1) is 10.3. The number of hydrogen-bond donors (Lipinski definition) is 0. The van der Waals surface area contributed by atoms with Gasteiger partial charge in [0.1, 0.15) is 0 Å². The van der Waals surface area contributed by atoms with E-state index in [1.165, 1.54) is 16.9 Å². The summed E-state index contributed by atoms with van der Waals surface area (Å²) in [5.74, 6) is 0.205. The third kappa shape index (κ3) is 3.75. The number of pyridine rings is 1. The summed E-state index contributed by atoms with van der Waals surface area (Å²) < 4.78 is 5.56. The van der Waals surface area contributed by atoms with Crippen molar-refractivity contribution in [1.82, 2.24) is 9.88 Å². The monoisotopic (exact) mass is 302 g/mol. The molecular weight excluding hydrogens is 284 g/mol. The zero-order valence-electron chi connectivity index (χ0n) is 11.8. The Bertz CT molecular complexity index is 571. The number of aromatic nitrogens is 1. The van der Waals surface area contributed by atoms with Gasteiger partial charge < -0.3 is 4.74 Å². The average Bonchev–Trinajstić information content (AvgIpc) is 3.05. The molecule has 110 valence electrons. The van der Waals surface area contributed by atoms with E-state index in [4.69, 9.17) is 4.74 Å². The SMILES string of the molecule is O=C(C[C@H]1COCCN1Cc1cccnc1)c1cccs1. The summed E-state index contributed by atoms with van der Waals surface area (Å²) in [4.78, 5) is 19.6. The van der Waals surface area contributed by atoms with E-state index in [2.05, 4.69) is 16.0 Å². The van der Waals surface area contributed by atoms with Gasteiger partial charge in [-0.2, -0.15) is 0 Å². The minimum atomic E-state index is 0.147. The Balaban J connectivity index is 1.65. The van der Waals surface area contributed by atoms with Crippen LogP contribution < -0.4 is 0 Å². The molecule has 0 unspecified atom stereocenters. The standard InChI is InChI=1S/C16H18N2O2S/c19-15(16-4-2-8-21-16)9-14-12-20-7-6-18(14)11-13-3-1-5-17-10-13/h1-5,8,10,14H,6-7,9,11-12H2/t14-/m0/s1. The van der Waals surface area contributed by atoms with Crippen molar-refractivity contribution in [1.29, 1.82) is 0 Å². The number of nitrogens with zero attached hydrogens (tertiary/aromatic N) is 2. The van der Waals surface area contributed by atoms with Gasteiger partial charge in [-0.15, -0.1) is 11.3 Å². The smallest absolute Gasteiger partial charge is 0.174 e. The van der Waals surface area contributed by atoms with Gasteiger partial charge in [-0.3, -0.25) is 14.7 Å². The molecule has 0 aliphatic carbocycles. The van der Waals surface area contributed by atoms with E-state index in [-0.39, 0.29) is 11.8 Å². The van der Waals surface area contributed by atoms with E-state index >= 15 is 0 Å². The van der Waals surface area contributed by atoms with Crippen molar-refractivity contribution in [3.63, 3.8) is 0 Å². The molecule has 2 aromatic heterocycles. The lowest BCUT2D eigenvalue weighted by Crippen LogP contribution is -2.45. The van der Waals surface area contributed by atoms with Crippen molar-refractivity contribution < 1.29 is 9.53 Å². The van der Waals surface area contributed by atoms with Crippen LogP contribution in [0.2, 0.25) is 0 Å². The van der Waals surface area contributed by atoms with E-state index < -0.39 is 0 Å². The second-order valence-corrected chi connectivity index (χ2v) is 6.11. The number of Topliss-reactive ketones (excluding diaryl/α,β-unsaturated/α-hetero) is 1. The number of morpholine rings is 1. The summed E-state index contributed by atoms with van der Waals surface area (Å²) in [5.41, 5.74) is 1.17. The van der Waals surface area contributed by atoms with Crippen LogP contribution in [-0.4, -0.2) is 41.5 Å². The fraction of sp³-hybridized carbons (Fsp3) is 0.375. The van der Waals surface area contributed by atoms with Crippen molar-refractivity contribution in [3.8, 4) is 0 Å². The molecule has 1 atom stereocenters. The first-order valence-electron chi connectivity index (χ1n) is 7.10. The largest absolute Gasteiger partial charge is 0.378 e. The molecule has 3 rings (SSSR count). The molecule has 0 bridgehead atoms. The van der Waals surface area contributed by atoms with E-state index in [0.717, 1.165) is 24.6 Å². The highest BCUT2D eigenvalue weighted by atomic mass is 32.1. The second-order valence-electron chi connectivity index (χ2n) is 5.17. The van der Waals surface area contributed by atoms with Crippen LogP contribution in [0.4, 0.5) is 0 Å². The molecule has 0 N–H and O–H groups in total. The fourth-order valence-electron chi connectivity index (χ4n) is 2.56. The zero-order chi connectivity index (χ0) is 14.5. The minimum Gasteiger partial charge on any atom is -0.378 e. The van der Waals surface area contributed by atoms with Crippen LogP contribution in [0.1, 0.15) is 21.7 Å². The van der Waals surface area contributed by atoms with Gasteiger partial charge in [0.05, 0.1) is 18.1 Å². The van der Waals surface area contributed by atoms with Gasteiger partial charge >= 0.3 is 0 Å². The van der Waals surface area contributed by atoms with Crippen molar-refractivity contribution in [2.75, 3.05) is 19.8 Å². The molecule has 21 heavy (non-hydrogen) atoms. The normalized spacial score (nSPS) is 19.5. The van der Waals surface area contributed by atoms with Gasteiger partial charge in [0.25, 0.3) is 0 Å². The number of ether oxygens (including phenoxy) is 1. The number of ketones is 1. The van der Waals surface area contributed by atoms with Crippen LogP contribution in [0, 0.1) is 0 Å². The molecule has 1 aliphatic heterocycles. The van der Waals surface area contributed by atoms with Gasteiger partial charge in [-0.25, -0.2) is 0 Å². The number of rotatable bonds is 5. The molecule has 0 aromatic carbocycles. The Morgan fingerprint density at radius 1 is 1.43 bits per heavy atom. The minimum absolute atomic E-state index is 0.147. The molecule has 0 radical (unpaired) electrons. The lowest BCUT2D eigenvalue weighted by Gasteiger charge is -2.35. The van der Waals surface area contributed by atoms with Crippen molar-refractivity contribution in [2.45, 2.75) is 19.0 Å². The topological polar surface area (TPSA) is 42.4 Å². The van der Waals surface area contributed by atoms with E-state index in [1.54, 1.807) is 6.20 Å². The summed E-state index contributed by atoms with van der Waals surface area (Å²) in [5, 5.41) is 1.94.